The lowest BCUT2D eigenvalue weighted by Crippen LogP contribution is -2.10. The normalized spacial score (nSPS) is 10.3. The zero-order valence-electron chi connectivity index (χ0n) is 10.2. The highest BCUT2D eigenvalue weighted by Crippen LogP contribution is 2.26. The van der Waals surface area contributed by atoms with Crippen LogP contribution < -0.4 is 16.0 Å². The minimum absolute atomic E-state index is 0.0144. The molecule has 3 N–H and O–H groups in total. The van der Waals surface area contributed by atoms with E-state index >= 15 is 0 Å². The summed E-state index contributed by atoms with van der Waals surface area (Å²) in [4.78, 5) is 8.31. The molecule has 0 bridgehead atoms. The lowest BCUT2D eigenvalue weighted by atomic mass is 10.3. The van der Waals surface area contributed by atoms with Gasteiger partial charge in [0, 0.05) is 18.6 Å². The van der Waals surface area contributed by atoms with Crippen molar-refractivity contribution in [3.8, 4) is 11.6 Å². The van der Waals surface area contributed by atoms with Crippen LogP contribution in [0.2, 0.25) is 5.02 Å². The van der Waals surface area contributed by atoms with E-state index in [9.17, 15) is 4.39 Å². The highest BCUT2D eigenvalue weighted by molar-refractivity contribution is 6.30. The number of nitrogens with one attached hydrogen (secondary N) is 1. The van der Waals surface area contributed by atoms with Crippen molar-refractivity contribution in [3.05, 3.63) is 40.9 Å². The fourth-order valence-corrected chi connectivity index (χ4v) is 1.59. The summed E-state index contributed by atoms with van der Waals surface area (Å²) < 4.78 is 18.5. The van der Waals surface area contributed by atoms with Gasteiger partial charge in [0.1, 0.15) is 23.2 Å². The van der Waals surface area contributed by atoms with Gasteiger partial charge in [0.05, 0.1) is 5.02 Å². The van der Waals surface area contributed by atoms with Crippen molar-refractivity contribution in [2.24, 2.45) is 5.84 Å². The van der Waals surface area contributed by atoms with Crippen LogP contribution >= 0.6 is 11.6 Å². The molecule has 0 spiro atoms. The van der Waals surface area contributed by atoms with Crippen molar-refractivity contribution in [1.29, 1.82) is 0 Å². The summed E-state index contributed by atoms with van der Waals surface area (Å²) in [6, 6.07) is 5.60. The number of rotatable bonds is 4. The lowest BCUT2D eigenvalue weighted by molar-refractivity contribution is 0.457. The molecule has 19 heavy (non-hydrogen) atoms. The molecular weight excluding hydrogens is 271 g/mol. The number of nitrogen functional groups attached to an aromatic ring is 1. The average molecular weight is 283 g/mol. The predicted octanol–water partition coefficient (Wildman–Crippen LogP) is 2.91. The Morgan fingerprint density at radius 2 is 2.16 bits per heavy atom. The van der Waals surface area contributed by atoms with Crippen LogP contribution in [0.3, 0.4) is 0 Å². The summed E-state index contributed by atoms with van der Waals surface area (Å²) in [6.45, 7) is 1.91. The molecule has 7 heteroatoms. The van der Waals surface area contributed by atoms with E-state index in [1.807, 2.05) is 6.92 Å². The average Bonchev–Trinajstić information content (AvgIpc) is 2.42. The van der Waals surface area contributed by atoms with Gasteiger partial charge >= 0.3 is 0 Å². The second kappa shape index (κ2) is 5.81. The molecule has 0 saturated carbocycles. The number of halogens is 2. The molecule has 0 amide bonds. The molecule has 0 radical (unpaired) electrons. The second-order valence-corrected chi connectivity index (χ2v) is 4.09. The molecule has 2 aromatic rings. The summed E-state index contributed by atoms with van der Waals surface area (Å²) in [6.07, 6.45) is 0.635. The summed E-state index contributed by atoms with van der Waals surface area (Å²) >= 11 is 5.68. The minimum Gasteiger partial charge on any atom is -0.439 e. The van der Waals surface area contributed by atoms with Crippen LogP contribution in [0.4, 0.5) is 10.2 Å². The van der Waals surface area contributed by atoms with Gasteiger partial charge in [-0.3, -0.25) is 0 Å². The molecule has 0 aliphatic rings. The second-order valence-electron chi connectivity index (χ2n) is 3.68. The van der Waals surface area contributed by atoms with Crippen molar-refractivity contribution < 1.29 is 9.13 Å². The number of hydrogen-bond acceptors (Lipinski definition) is 5. The summed E-state index contributed by atoms with van der Waals surface area (Å²) in [5.74, 6) is 6.52. The van der Waals surface area contributed by atoms with Gasteiger partial charge < -0.3 is 10.2 Å². The first kappa shape index (κ1) is 13.5. The first-order chi connectivity index (χ1) is 9.12. The summed E-state index contributed by atoms with van der Waals surface area (Å²) in [5, 5.41) is -0.0144. The Kier molecular flexibility index (Phi) is 4.13. The van der Waals surface area contributed by atoms with Gasteiger partial charge in [-0.2, -0.15) is 4.98 Å². The maximum Gasteiger partial charge on any atom is 0.224 e. The maximum absolute atomic E-state index is 13.0. The maximum atomic E-state index is 13.0. The third-order valence-electron chi connectivity index (χ3n) is 2.33. The van der Waals surface area contributed by atoms with Crippen molar-refractivity contribution in [2.75, 3.05) is 5.43 Å². The minimum atomic E-state index is -0.504. The van der Waals surface area contributed by atoms with Gasteiger partial charge in [-0.15, -0.1) is 0 Å². The Balaban J connectivity index is 2.29. The summed E-state index contributed by atoms with van der Waals surface area (Å²) in [5.41, 5.74) is 2.43. The molecule has 5 nitrogen and oxygen atoms in total. The molecule has 1 heterocycles. The van der Waals surface area contributed by atoms with E-state index in [1.165, 1.54) is 24.3 Å². The van der Waals surface area contributed by atoms with Crippen LogP contribution in [0, 0.1) is 5.82 Å². The van der Waals surface area contributed by atoms with E-state index in [0.29, 0.717) is 29.7 Å². The molecule has 2 rings (SSSR count). The van der Waals surface area contributed by atoms with Crippen LogP contribution in [0.15, 0.2) is 24.3 Å². The Morgan fingerprint density at radius 3 is 2.79 bits per heavy atom. The Labute approximate surface area is 114 Å². The zero-order chi connectivity index (χ0) is 13.8. The number of aryl methyl sites for hydroxylation is 1. The van der Waals surface area contributed by atoms with Gasteiger partial charge in [0.25, 0.3) is 0 Å². The van der Waals surface area contributed by atoms with E-state index in [0.717, 1.165) is 0 Å². The van der Waals surface area contributed by atoms with Gasteiger partial charge in [-0.1, -0.05) is 18.5 Å². The Hall–Kier alpha value is -1.92. The predicted molar refractivity (Wildman–Crippen MR) is 70.7 cm³/mol. The van der Waals surface area contributed by atoms with Gasteiger partial charge in [-0.25, -0.2) is 15.2 Å². The number of nitrogens with zero attached hydrogens (tertiary/aromatic N) is 2. The third kappa shape index (κ3) is 3.30. The van der Waals surface area contributed by atoms with E-state index in [-0.39, 0.29) is 5.02 Å². The van der Waals surface area contributed by atoms with Crippen LogP contribution in [0.1, 0.15) is 12.7 Å². The highest BCUT2D eigenvalue weighted by Gasteiger charge is 2.07. The standard InChI is InChI=1S/C12H12ClFN4O/c1-2-10-16-11(18-15)6-12(17-10)19-7-3-4-9(14)8(13)5-7/h3-6H,2,15H2,1H3,(H,16,17,18). The highest BCUT2D eigenvalue weighted by atomic mass is 35.5. The molecule has 0 aliphatic carbocycles. The van der Waals surface area contributed by atoms with E-state index in [2.05, 4.69) is 15.4 Å². The topological polar surface area (TPSA) is 73.1 Å². The monoisotopic (exact) mass is 282 g/mol. The molecule has 0 aliphatic heterocycles. The Bertz CT molecular complexity index is 572. The number of hydrogen-bond donors (Lipinski definition) is 2. The first-order valence-electron chi connectivity index (χ1n) is 5.60. The van der Waals surface area contributed by atoms with Crippen molar-refractivity contribution >= 4 is 17.4 Å². The smallest absolute Gasteiger partial charge is 0.224 e. The van der Waals surface area contributed by atoms with Crippen molar-refractivity contribution in [3.63, 3.8) is 0 Å². The molecule has 0 unspecified atom stereocenters. The number of ether oxygens (including phenoxy) is 1. The van der Waals surface area contributed by atoms with Gasteiger partial charge in [-0.05, 0) is 12.1 Å². The van der Waals surface area contributed by atoms with Gasteiger partial charge in [0.15, 0.2) is 0 Å². The molecular formula is C12H12ClFN4O. The number of benzene rings is 1. The number of anilines is 1. The van der Waals surface area contributed by atoms with Crippen LogP contribution in [-0.4, -0.2) is 9.97 Å². The molecule has 100 valence electrons. The fraction of sp³-hybridized carbons (Fsp3) is 0.167. The molecule has 1 aromatic heterocycles. The first-order valence-corrected chi connectivity index (χ1v) is 5.97. The quantitative estimate of drug-likeness (QED) is 0.666. The number of hydrazine groups is 1. The number of nitrogens with two attached hydrogens (primary N) is 1. The number of aromatic nitrogens is 2. The van der Waals surface area contributed by atoms with E-state index in [4.69, 9.17) is 22.2 Å². The lowest BCUT2D eigenvalue weighted by Gasteiger charge is -2.08. The van der Waals surface area contributed by atoms with E-state index < -0.39 is 5.82 Å². The third-order valence-corrected chi connectivity index (χ3v) is 2.62. The van der Waals surface area contributed by atoms with E-state index in [1.54, 1.807) is 0 Å². The molecule has 0 fully saturated rings. The SMILES string of the molecule is CCc1nc(NN)cc(Oc2ccc(F)c(Cl)c2)n1. The molecule has 0 atom stereocenters. The summed E-state index contributed by atoms with van der Waals surface area (Å²) in [7, 11) is 0. The Morgan fingerprint density at radius 1 is 1.37 bits per heavy atom. The van der Waals surface area contributed by atoms with Gasteiger partial charge in [0.2, 0.25) is 5.88 Å². The van der Waals surface area contributed by atoms with Crippen molar-refractivity contribution in [2.45, 2.75) is 13.3 Å². The van der Waals surface area contributed by atoms with Crippen LogP contribution in [0.25, 0.3) is 0 Å². The fourth-order valence-electron chi connectivity index (χ4n) is 1.42. The zero-order valence-corrected chi connectivity index (χ0v) is 10.9. The molecule has 1 aromatic carbocycles. The largest absolute Gasteiger partial charge is 0.439 e. The van der Waals surface area contributed by atoms with Crippen LogP contribution in [0.5, 0.6) is 11.6 Å². The van der Waals surface area contributed by atoms with Crippen molar-refractivity contribution in [1.82, 2.24) is 9.97 Å². The molecule has 0 saturated heterocycles. The van der Waals surface area contributed by atoms with Crippen LogP contribution in [-0.2, 0) is 6.42 Å².